The number of nitrogens with one attached hydrogen (secondary N) is 1. The molecule has 7 heteroatoms. The Morgan fingerprint density at radius 2 is 1.81 bits per heavy atom. The van der Waals surface area contributed by atoms with Crippen LogP contribution in [0.4, 0.5) is 5.95 Å². The van der Waals surface area contributed by atoms with Gasteiger partial charge in [0.1, 0.15) is 4.83 Å². The fraction of sp³-hybridized carbons (Fsp3) is 0.240. The number of hydrogen-bond acceptors (Lipinski definition) is 6. The van der Waals surface area contributed by atoms with Crippen LogP contribution in [0.5, 0.6) is 0 Å². The number of hydrazone groups is 1. The number of rotatable bonds is 4. The van der Waals surface area contributed by atoms with Crippen LogP contribution in [0.15, 0.2) is 70.6 Å². The number of ether oxygens (including phenoxy) is 1. The Morgan fingerprint density at radius 3 is 2.53 bits per heavy atom. The van der Waals surface area contributed by atoms with E-state index in [0.717, 1.165) is 27.4 Å². The predicted octanol–water partition coefficient (Wildman–Crippen LogP) is 5.13. The maximum Gasteiger partial charge on any atom is 0.268 e. The molecule has 0 atom stereocenters. The highest BCUT2D eigenvalue weighted by molar-refractivity contribution is 7.18. The molecule has 2 aromatic heterocycles. The summed E-state index contributed by atoms with van der Waals surface area (Å²) in [6.07, 6.45) is 0.687. The van der Waals surface area contributed by atoms with E-state index in [1.165, 1.54) is 11.3 Å². The molecule has 0 aliphatic carbocycles. The molecule has 0 radical (unpaired) electrons. The minimum atomic E-state index is -0.307. The van der Waals surface area contributed by atoms with E-state index in [1.54, 1.807) is 4.57 Å². The zero-order chi connectivity index (χ0) is 22.3. The standard InChI is InChI=1S/C25H24N4O2S/c1-16(17-10-6-4-7-11-17)27-28-24-26-22-21(19-14-25(2,3)31-15-20(19)32-22)23(30)29(24)18-12-8-5-9-13-18/h4-13H,14-15H2,1-3H3,(H,26,28). The molecule has 0 fully saturated rings. The van der Waals surface area contributed by atoms with E-state index < -0.39 is 0 Å². The Hall–Kier alpha value is -3.29. The van der Waals surface area contributed by atoms with Gasteiger partial charge in [-0.05, 0) is 44.0 Å². The second kappa shape index (κ2) is 8.00. The van der Waals surface area contributed by atoms with E-state index in [1.807, 2.05) is 67.6 Å². The van der Waals surface area contributed by atoms with Crippen molar-refractivity contribution in [2.24, 2.45) is 5.10 Å². The maximum absolute atomic E-state index is 13.8. The van der Waals surface area contributed by atoms with Crippen molar-refractivity contribution in [3.05, 3.63) is 87.0 Å². The van der Waals surface area contributed by atoms with Gasteiger partial charge in [0.15, 0.2) is 0 Å². The Morgan fingerprint density at radius 1 is 1.12 bits per heavy atom. The molecule has 0 saturated carbocycles. The summed E-state index contributed by atoms with van der Waals surface area (Å²) in [4.78, 5) is 20.4. The average Bonchev–Trinajstić information content (AvgIpc) is 3.15. The number of aromatic nitrogens is 2. The molecule has 0 unspecified atom stereocenters. The number of anilines is 1. The third kappa shape index (κ3) is 3.74. The summed E-state index contributed by atoms with van der Waals surface area (Å²) < 4.78 is 7.58. The molecule has 162 valence electrons. The van der Waals surface area contributed by atoms with Crippen molar-refractivity contribution in [1.29, 1.82) is 0 Å². The average molecular weight is 445 g/mol. The molecule has 1 N–H and O–H groups in total. The van der Waals surface area contributed by atoms with Gasteiger partial charge >= 0.3 is 0 Å². The Labute approximate surface area is 190 Å². The largest absolute Gasteiger partial charge is 0.370 e. The molecule has 0 bridgehead atoms. The summed E-state index contributed by atoms with van der Waals surface area (Å²) >= 11 is 1.53. The first-order valence-corrected chi connectivity index (χ1v) is 11.4. The van der Waals surface area contributed by atoms with Crippen molar-refractivity contribution in [3.8, 4) is 5.69 Å². The zero-order valence-electron chi connectivity index (χ0n) is 18.3. The fourth-order valence-electron chi connectivity index (χ4n) is 3.96. The maximum atomic E-state index is 13.8. The Bertz CT molecular complexity index is 1370. The first-order valence-electron chi connectivity index (χ1n) is 10.6. The lowest BCUT2D eigenvalue weighted by atomic mass is 9.94. The van der Waals surface area contributed by atoms with E-state index >= 15 is 0 Å². The molecule has 4 aromatic rings. The molecular weight excluding hydrogens is 420 g/mol. The van der Waals surface area contributed by atoms with Gasteiger partial charge in [-0.15, -0.1) is 11.3 Å². The first-order chi connectivity index (χ1) is 15.4. The highest BCUT2D eigenvalue weighted by Crippen LogP contribution is 2.37. The van der Waals surface area contributed by atoms with Crippen molar-refractivity contribution < 1.29 is 4.74 Å². The van der Waals surface area contributed by atoms with Crippen molar-refractivity contribution in [1.82, 2.24) is 9.55 Å². The highest BCUT2D eigenvalue weighted by Gasteiger charge is 2.31. The van der Waals surface area contributed by atoms with Crippen molar-refractivity contribution >= 4 is 33.2 Å². The van der Waals surface area contributed by atoms with Crippen LogP contribution < -0.4 is 11.0 Å². The van der Waals surface area contributed by atoms with Crippen LogP contribution >= 0.6 is 11.3 Å². The van der Waals surface area contributed by atoms with Gasteiger partial charge in [-0.2, -0.15) is 5.10 Å². The molecule has 1 aliphatic rings. The second-order valence-electron chi connectivity index (χ2n) is 8.50. The van der Waals surface area contributed by atoms with Crippen LogP contribution in [0.1, 0.15) is 36.8 Å². The molecule has 2 aromatic carbocycles. The smallest absolute Gasteiger partial charge is 0.268 e. The quantitative estimate of drug-likeness (QED) is 0.350. The fourth-order valence-corrected chi connectivity index (χ4v) is 5.06. The number of benzene rings is 2. The lowest BCUT2D eigenvalue weighted by Crippen LogP contribution is -2.32. The monoisotopic (exact) mass is 444 g/mol. The van der Waals surface area contributed by atoms with Gasteiger partial charge in [0, 0.05) is 11.3 Å². The summed E-state index contributed by atoms with van der Waals surface area (Å²) in [6.45, 7) is 6.54. The number of fused-ring (bicyclic) bond motifs is 3. The second-order valence-corrected chi connectivity index (χ2v) is 9.58. The summed E-state index contributed by atoms with van der Waals surface area (Å²) in [6, 6.07) is 19.5. The van der Waals surface area contributed by atoms with E-state index in [-0.39, 0.29) is 11.2 Å². The summed E-state index contributed by atoms with van der Waals surface area (Å²) in [5, 5.41) is 5.21. The van der Waals surface area contributed by atoms with Gasteiger partial charge in [0.05, 0.1) is 29.0 Å². The molecule has 5 rings (SSSR count). The molecule has 32 heavy (non-hydrogen) atoms. The lowest BCUT2D eigenvalue weighted by molar-refractivity contribution is -0.0379. The Balaban J connectivity index is 1.68. The van der Waals surface area contributed by atoms with Crippen LogP contribution in [0, 0.1) is 0 Å². The van der Waals surface area contributed by atoms with Gasteiger partial charge < -0.3 is 4.74 Å². The van der Waals surface area contributed by atoms with E-state index in [2.05, 4.69) is 24.4 Å². The first kappa shape index (κ1) is 20.6. The molecule has 0 spiro atoms. The van der Waals surface area contributed by atoms with Crippen LogP contribution in [-0.4, -0.2) is 20.9 Å². The molecule has 6 nitrogen and oxygen atoms in total. The minimum absolute atomic E-state index is 0.0912. The number of thiophene rings is 1. The van der Waals surface area contributed by atoms with Crippen LogP contribution in [0.2, 0.25) is 0 Å². The topological polar surface area (TPSA) is 68.5 Å². The van der Waals surface area contributed by atoms with Crippen LogP contribution in [0.25, 0.3) is 15.9 Å². The number of hydrogen-bond donors (Lipinski definition) is 1. The summed E-state index contributed by atoms with van der Waals surface area (Å²) in [5.41, 5.74) is 6.26. The van der Waals surface area contributed by atoms with Gasteiger partial charge in [0.25, 0.3) is 5.56 Å². The molecule has 1 aliphatic heterocycles. The third-order valence-electron chi connectivity index (χ3n) is 5.63. The van der Waals surface area contributed by atoms with E-state index in [9.17, 15) is 4.79 Å². The molecule has 3 heterocycles. The van der Waals surface area contributed by atoms with Crippen LogP contribution in [0.3, 0.4) is 0 Å². The third-order valence-corrected chi connectivity index (χ3v) is 6.73. The van der Waals surface area contributed by atoms with Crippen molar-refractivity contribution in [3.63, 3.8) is 0 Å². The van der Waals surface area contributed by atoms with Gasteiger partial charge in [-0.3, -0.25) is 4.79 Å². The SMILES string of the molecule is CC(=NNc1nc2sc3c(c2c(=O)n1-c1ccccc1)CC(C)(C)OC3)c1ccccc1. The van der Waals surface area contributed by atoms with Crippen LogP contribution in [-0.2, 0) is 17.8 Å². The van der Waals surface area contributed by atoms with E-state index in [4.69, 9.17) is 9.72 Å². The molecular formula is C25H24N4O2S. The minimum Gasteiger partial charge on any atom is -0.370 e. The van der Waals surface area contributed by atoms with Gasteiger partial charge in [-0.25, -0.2) is 15.0 Å². The molecule has 0 amide bonds. The number of para-hydroxylation sites is 1. The van der Waals surface area contributed by atoms with Gasteiger partial charge in [0.2, 0.25) is 5.95 Å². The molecule has 0 saturated heterocycles. The summed E-state index contributed by atoms with van der Waals surface area (Å²) in [7, 11) is 0. The van der Waals surface area contributed by atoms with Crippen molar-refractivity contribution in [2.45, 2.75) is 39.4 Å². The summed E-state index contributed by atoms with van der Waals surface area (Å²) in [5.74, 6) is 0.391. The van der Waals surface area contributed by atoms with Gasteiger partial charge in [-0.1, -0.05) is 48.5 Å². The normalized spacial score (nSPS) is 15.5. The predicted molar refractivity (Wildman–Crippen MR) is 130 cm³/mol. The number of nitrogens with zero attached hydrogens (tertiary/aromatic N) is 3. The highest BCUT2D eigenvalue weighted by atomic mass is 32.1. The zero-order valence-corrected chi connectivity index (χ0v) is 19.1. The lowest BCUT2D eigenvalue weighted by Gasteiger charge is -2.29. The Kier molecular flexibility index (Phi) is 5.15. The van der Waals surface area contributed by atoms with Crippen molar-refractivity contribution in [2.75, 3.05) is 5.43 Å². The van der Waals surface area contributed by atoms with E-state index in [0.29, 0.717) is 29.2 Å².